The highest BCUT2D eigenvalue weighted by Crippen LogP contribution is 2.43. The third-order valence-corrected chi connectivity index (χ3v) is 22.4. The lowest BCUT2D eigenvalue weighted by atomic mass is 9.94. The summed E-state index contributed by atoms with van der Waals surface area (Å²) in [5.74, 6) is 3.84. The molecule has 2 heterocycles. The molecule has 0 spiro atoms. The fourth-order valence-electron chi connectivity index (χ4n) is 16.7. The van der Waals surface area contributed by atoms with Crippen molar-refractivity contribution < 1.29 is 0 Å². The van der Waals surface area contributed by atoms with Crippen LogP contribution in [0.25, 0.3) is 221 Å². The average molecular weight is 1450 g/mol. The van der Waals surface area contributed by atoms with Crippen LogP contribution in [0, 0.1) is 0 Å². The number of rotatable bonds is 11. The molecule has 0 unspecified atom stereocenters. The minimum Gasteiger partial charge on any atom is -0.208 e. The molecule has 530 valence electrons. The van der Waals surface area contributed by atoms with E-state index in [4.69, 9.17) is 29.9 Å². The van der Waals surface area contributed by atoms with E-state index >= 15 is 0 Å². The minimum absolute atomic E-state index is 0.631. The third kappa shape index (κ3) is 12.5. The lowest BCUT2D eigenvalue weighted by molar-refractivity contribution is 1.08. The molecule has 0 saturated heterocycles. The third-order valence-electron chi connectivity index (χ3n) is 22.4. The van der Waals surface area contributed by atoms with Gasteiger partial charge in [-0.15, -0.1) is 0 Å². The summed E-state index contributed by atoms with van der Waals surface area (Å²) in [6.45, 7) is 0. The van der Waals surface area contributed by atoms with E-state index in [1.165, 1.54) is 98.0 Å². The topological polar surface area (TPSA) is 77.3 Å². The SMILES string of the molecule is c1ccc(-c2nc(-c3cc4ccccc4c4ccccc34)nc(-c3cc4ccccc4c4ccccc34)n2)c(-c2ccc3cc(-c4ccc5ccccc5c4)ccc3c2)c1.c1ccc(-c2nc(-c3ccccc3-c3ccc4cc(-c5ccc6ccccc6c5)ccc4c3)nc(-c3ccc(-c4ccccc4)c4ccccc34)n2)cc1. The van der Waals surface area contributed by atoms with E-state index in [0.29, 0.717) is 34.9 Å². The zero-order valence-electron chi connectivity index (χ0n) is 61.9. The van der Waals surface area contributed by atoms with Crippen LogP contribution in [0.4, 0.5) is 0 Å². The summed E-state index contributed by atoms with van der Waals surface area (Å²) in [7, 11) is 0. The van der Waals surface area contributed by atoms with E-state index in [-0.39, 0.29) is 0 Å². The molecule has 0 amide bonds. The van der Waals surface area contributed by atoms with Crippen molar-refractivity contribution in [3.8, 4) is 124 Å². The molecule has 0 atom stereocenters. The van der Waals surface area contributed by atoms with Crippen LogP contribution in [0.3, 0.4) is 0 Å². The Labute approximate surface area is 659 Å². The molecular formula is C108H68N6. The predicted molar refractivity (Wildman–Crippen MR) is 477 cm³/mol. The highest BCUT2D eigenvalue weighted by molar-refractivity contribution is 6.15. The summed E-state index contributed by atoms with van der Waals surface area (Å²) >= 11 is 0. The summed E-state index contributed by atoms with van der Waals surface area (Å²) < 4.78 is 0. The van der Waals surface area contributed by atoms with Gasteiger partial charge >= 0.3 is 0 Å². The second kappa shape index (κ2) is 28.6. The van der Waals surface area contributed by atoms with Gasteiger partial charge in [-0.1, -0.05) is 358 Å². The van der Waals surface area contributed by atoms with Gasteiger partial charge in [-0.2, -0.15) is 0 Å². The smallest absolute Gasteiger partial charge is 0.164 e. The maximum absolute atomic E-state index is 5.39. The normalized spacial score (nSPS) is 11.5. The first-order chi connectivity index (χ1) is 56.5. The predicted octanol–water partition coefficient (Wildman–Crippen LogP) is 28.5. The maximum atomic E-state index is 5.39. The average Bonchev–Trinajstić information content (AvgIpc) is 0.748. The molecule has 20 aromatic carbocycles. The molecule has 0 aliphatic carbocycles. The van der Waals surface area contributed by atoms with Crippen molar-refractivity contribution in [3.05, 3.63) is 413 Å². The number of aromatic nitrogens is 6. The van der Waals surface area contributed by atoms with Crippen LogP contribution in [0.5, 0.6) is 0 Å². The molecule has 0 aliphatic rings. The quantitative estimate of drug-likeness (QED) is 0.120. The van der Waals surface area contributed by atoms with Gasteiger partial charge < -0.3 is 0 Å². The number of hydrogen-bond acceptors (Lipinski definition) is 6. The fourth-order valence-corrected chi connectivity index (χ4v) is 16.7. The Hall–Kier alpha value is -15.2. The summed E-state index contributed by atoms with van der Waals surface area (Å²) in [6.07, 6.45) is 0. The summed E-state index contributed by atoms with van der Waals surface area (Å²) in [5.41, 5.74) is 17.3. The zero-order valence-corrected chi connectivity index (χ0v) is 61.9. The number of benzene rings is 20. The van der Waals surface area contributed by atoms with Crippen LogP contribution in [-0.4, -0.2) is 29.9 Å². The van der Waals surface area contributed by atoms with Gasteiger partial charge in [-0.3, -0.25) is 0 Å². The van der Waals surface area contributed by atoms with E-state index in [2.05, 4.69) is 394 Å². The molecule has 0 radical (unpaired) electrons. The van der Waals surface area contributed by atoms with Gasteiger partial charge in [0.15, 0.2) is 34.9 Å². The lowest BCUT2D eigenvalue weighted by Crippen LogP contribution is -2.02. The van der Waals surface area contributed by atoms with Gasteiger partial charge in [0.1, 0.15) is 0 Å². The van der Waals surface area contributed by atoms with E-state index < -0.39 is 0 Å². The molecule has 0 aliphatic heterocycles. The lowest BCUT2D eigenvalue weighted by Gasteiger charge is -2.15. The minimum atomic E-state index is 0.631. The second-order valence-corrected chi connectivity index (χ2v) is 29.2. The van der Waals surface area contributed by atoms with Crippen molar-refractivity contribution >= 4 is 97.0 Å². The van der Waals surface area contributed by atoms with Crippen LogP contribution in [0.2, 0.25) is 0 Å². The Morgan fingerprint density at radius 3 is 0.781 bits per heavy atom. The molecule has 0 N–H and O–H groups in total. The Kier molecular flexibility index (Phi) is 16.8. The van der Waals surface area contributed by atoms with Crippen LogP contribution >= 0.6 is 0 Å². The molecule has 6 heteroatoms. The van der Waals surface area contributed by atoms with Gasteiger partial charge in [-0.25, -0.2) is 29.9 Å². The Morgan fingerprint density at radius 2 is 0.360 bits per heavy atom. The van der Waals surface area contributed by atoms with Gasteiger partial charge in [0.05, 0.1) is 0 Å². The van der Waals surface area contributed by atoms with Crippen molar-refractivity contribution in [3.63, 3.8) is 0 Å². The van der Waals surface area contributed by atoms with Crippen LogP contribution < -0.4 is 0 Å². The van der Waals surface area contributed by atoms with Gasteiger partial charge in [-0.05, 0) is 207 Å². The van der Waals surface area contributed by atoms with E-state index in [0.717, 1.165) is 88.0 Å². The summed E-state index contributed by atoms with van der Waals surface area (Å²) in [6, 6.07) is 147. The van der Waals surface area contributed by atoms with Crippen LogP contribution in [-0.2, 0) is 0 Å². The molecule has 2 aromatic heterocycles. The molecule has 22 aromatic rings. The summed E-state index contributed by atoms with van der Waals surface area (Å²) in [4.78, 5) is 31.7. The van der Waals surface area contributed by atoms with Gasteiger partial charge in [0.25, 0.3) is 0 Å². The first-order valence-electron chi connectivity index (χ1n) is 38.7. The van der Waals surface area contributed by atoms with Crippen molar-refractivity contribution in [2.75, 3.05) is 0 Å². The molecular weight excluding hydrogens is 1380 g/mol. The first kappa shape index (κ1) is 66.9. The maximum Gasteiger partial charge on any atom is 0.164 e. The van der Waals surface area contributed by atoms with Crippen LogP contribution in [0.1, 0.15) is 0 Å². The highest BCUT2D eigenvalue weighted by atomic mass is 15.0. The summed E-state index contributed by atoms with van der Waals surface area (Å²) in [5, 5.41) is 21.2. The number of hydrogen-bond donors (Lipinski definition) is 0. The molecule has 0 bridgehead atoms. The Balaban J connectivity index is 0.000000144. The molecule has 22 rings (SSSR count). The van der Waals surface area contributed by atoms with Crippen molar-refractivity contribution in [1.82, 2.24) is 29.9 Å². The number of fused-ring (bicyclic) bond motifs is 11. The second-order valence-electron chi connectivity index (χ2n) is 29.2. The Bertz CT molecular complexity index is 7420. The molecule has 0 fully saturated rings. The van der Waals surface area contributed by atoms with Gasteiger partial charge in [0.2, 0.25) is 0 Å². The molecule has 6 nitrogen and oxygen atoms in total. The van der Waals surface area contributed by atoms with Gasteiger partial charge in [0, 0.05) is 33.4 Å². The van der Waals surface area contributed by atoms with Crippen molar-refractivity contribution in [2.24, 2.45) is 0 Å². The fraction of sp³-hybridized carbons (Fsp3) is 0. The number of nitrogens with zero attached hydrogens (tertiary/aromatic N) is 6. The first-order valence-corrected chi connectivity index (χ1v) is 38.7. The monoisotopic (exact) mass is 1450 g/mol. The molecule has 114 heavy (non-hydrogen) atoms. The zero-order chi connectivity index (χ0) is 75.4. The van der Waals surface area contributed by atoms with E-state index in [1.807, 2.05) is 18.2 Å². The standard InChI is InChI=1S/C57H35N3.C51H33N3/c1-2-14-37-31-38(26-25-36(37)13-1)39-27-28-41-33-44(30-29-40(41)32-39)47-19-7-12-24-52(47)55-58-56(53-34-42-15-3-5-17-45(42)48-20-8-10-22-50(48)53)60-57(59-55)54-35-43-16-4-6-18-46(43)49-21-9-11-23-51(49)54;1-3-14-35(15-4-1)44-29-30-48(46-21-11-10-20-45(44)46)51-53-49(36-16-5-2-6-17-36)52-50(54-51)47-22-12-9-19-43(47)42-28-27-40-32-39(25-26-41(40)33-42)38-24-23-34-13-7-8-18-37(34)31-38/h1-35H;1-33H. The Morgan fingerprint density at radius 1 is 0.105 bits per heavy atom. The van der Waals surface area contributed by atoms with Crippen LogP contribution in [0.15, 0.2) is 413 Å². The van der Waals surface area contributed by atoms with Crippen molar-refractivity contribution in [2.45, 2.75) is 0 Å². The largest absolute Gasteiger partial charge is 0.208 e. The molecule has 0 saturated carbocycles. The van der Waals surface area contributed by atoms with E-state index in [1.54, 1.807) is 0 Å². The van der Waals surface area contributed by atoms with Crippen molar-refractivity contribution in [1.29, 1.82) is 0 Å². The highest BCUT2D eigenvalue weighted by Gasteiger charge is 2.23. The van der Waals surface area contributed by atoms with E-state index in [9.17, 15) is 0 Å².